The lowest BCUT2D eigenvalue weighted by atomic mass is 10.0. The Kier molecular flexibility index (Phi) is 5.14. The van der Waals surface area contributed by atoms with Crippen molar-refractivity contribution in [3.8, 4) is 0 Å². The molecule has 1 aromatic heterocycles. The normalized spacial score (nSPS) is 12.6. The summed E-state index contributed by atoms with van der Waals surface area (Å²) in [6, 6.07) is 12.8. The fourth-order valence-corrected chi connectivity index (χ4v) is 3.01. The molecule has 0 bridgehead atoms. The maximum absolute atomic E-state index is 6.32. The summed E-state index contributed by atoms with van der Waals surface area (Å²) >= 11 is 1.81. The molecule has 2 aromatic rings. The van der Waals surface area contributed by atoms with Crippen molar-refractivity contribution in [2.45, 2.75) is 25.8 Å². The SMILES string of the molecule is CCc1ccc(C(N)c2ccc(CCOC)cc2)s1. The van der Waals surface area contributed by atoms with Crippen LogP contribution in [0.4, 0.5) is 0 Å². The van der Waals surface area contributed by atoms with Gasteiger partial charge in [-0.15, -0.1) is 11.3 Å². The van der Waals surface area contributed by atoms with Gasteiger partial charge in [-0.3, -0.25) is 0 Å². The van der Waals surface area contributed by atoms with Gasteiger partial charge in [-0.25, -0.2) is 0 Å². The largest absolute Gasteiger partial charge is 0.384 e. The van der Waals surface area contributed by atoms with E-state index >= 15 is 0 Å². The first kappa shape index (κ1) is 14.3. The van der Waals surface area contributed by atoms with E-state index in [0.717, 1.165) is 19.4 Å². The highest BCUT2D eigenvalue weighted by molar-refractivity contribution is 7.12. The van der Waals surface area contributed by atoms with Gasteiger partial charge >= 0.3 is 0 Å². The van der Waals surface area contributed by atoms with Crippen LogP contribution in [0.25, 0.3) is 0 Å². The highest BCUT2D eigenvalue weighted by atomic mass is 32.1. The molecule has 1 aromatic carbocycles. The van der Waals surface area contributed by atoms with Crippen LogP contribution in [0.15, 0.2) is 36.4 Å². The van der Waals surface area contributed by atoms with E-state index < -0.39 is 0 Å². The Morgan fingerprint density at radius 2 is 1.89 bits per heavy atom. The highest BCUT2D eigenvalue weighted by Crippen LogP contribution is 2.27. The van der Waals surface area contributed by atoms with Crippen molar-refractivity contribution in [1.82, 2.24) is 0 Å². The van der Waals surface area contributed by atoms with Gasteiger partial charge in [-0.2, -0.15) is 0 Å². The molecule has 3 heteroatoms. The summed E-state index contributed by atoms with van der Waals surface area (Å²) in [5.74, 6) is 0. The average Bonchev–Trinajstić information content (AvgIpc) is 2.94. The number of nitrogens with two attached hydrogens (primary N) is 1. The Hall–Kier alpha value is -1.16. The van der Waals surface area contributed by atoms with Crippen molar-refractivity contribution >= 4 is 11.3 Å². The maximum Gasteiger partial charge on any atom is 0.0646 e. The summed E-state index contributed by atoms with van der Waals surface area (Å²) in [5, 5.41) is 0. The number of ether oxygens (including phenoxy) is 1. The smallest absolute Gasteiger partial charge is 0.0646 e. The minimum atomic E-state index is -0.0122. The summed E-state index contributed by atoms with van der Waals surface area (Å²) in [6.07, 6.45) is 2.03. The second-order valence-corrected chi connectivity index (χ2v) is 5.82. The Morgan fingerprint density at radius 1 is 1.16 bits per heavy atom. The fourth-order valence-electron chi connectivity index (χ4n) is 2.03. The van der Waals surface area contributed by atoms with Crippen LogP contribution >= 0.6 is 11.3 Å². The summed E-state index contributed by atoms with van der Waals surface area (Å²) in [6.45, 7) is 2.93. The van der Waals surface area contributed by atoms with Crippen molar-refractivity contribution in [3.63, 3.8) is 0 Å². The van der Waals surface area contributed by atoms with Gasteiger partial charge in [-0.05, 0) is 36.1 Å². The van der Waals surface area contributed by atoms with Crippen LogP contribution in [0, 0.1) is 0 Å². The molecule has 2 N–H and O–H groups in total. The molecule has 0 fully saturated rings. The first-order valence-corrected chi connectivity index (χ1v) is 7.48. The van der Waals surface area contributed by atoms with Crippen molar-refractivity contribution < 1.29 is 4.74 Å². The van der Waals surface area contributed by atoms with Crippen LogP contribution in [-0.4, -0.2) is 13.7 Å². The Bertz CT molecular complexity index is 504. The molecule has 0 aliphatic rings. The van der Waals surface area contributed by atoms with Crippen LogP contribution in [0.1, 0.15) is 33.8 Å². The summed E-state index contributed by atoms with van der Waals surface area (Å²) in [4.78, 5) is 2.63. The molecular formula is C16H21NOS. The van der Waals surface area contributed by atoms with E-state index in [4.69, 9.17) is 10.5 Å². The minimum Gasteiger partial charge on any atom is -0.384 e. The van der Waals surface area contributed by atoms with Crippen LogP contribution in [0.3, 0.4) is 0 Å². The predicted octanol–water partition coefficient (Wildman–Crippen LogP) is 3.55. The maximum atomic E-state index is 6.32. The molecule has 0 saturated carbocycles. The zero-order valence-corrected chi connectivity index (χ0v) is 12.4. The number of thiophene rings is 1. The van der Waals surface area contributed by atoms with Crippen molar-refractivity contribution in [2.75, 3.05) is 13.7 Å². The van der Waals surface area contributed by atoms with E-state index in [1.165, 1.54) is 20.9 Å². The van der Waals surface area contributed by atoms with Gasteiger partial charge in [0.1, 0.15) is 0 Å². The number of hydrogen-bond donors (Lipinski definition) is 1. The standard InChI is InChI=1S/C16H21NOS/c1-3-14-8-9-15(19-14)16(17)13-6-4-12(5-7-13)10-11-18-2/h4-9,16H,3,10-11,17H2,1-2H3. The van der Waals surface area contributed by atoms with E-state index in [0.29, 0.717) is 0 Å². The molecule has 1 heterocycles. The monoisotopic (exact) mass is 275 g/mol. The minimum absolute atomic E-state index is 0.0122. The lowest BCUT2D eigenvalue weighted by Crippen LogP contribution is -2.10. The number of methoxy groups -OCH3 is 1. The fraction of sp³-hybridized carbons (Fsp3) is 0.375. The molecule has 0 saturated heterocycles. The van der Waals surface area contributed by atoms with E-state index in [1.807, 2.05) is 11.3 Å². The van der Waals surface area contributed by atoms with E-state index in [2.05, 4.69) is 43.3 Å². The first-order chi connectivity index (χ1) is 9.24. The molecule has 0 spiro atoms. The number of benzene rings is 1. The lowest BCUT2D eigenvalue weighted by Gasteiger charge is -2.11. The summed E-state index contributed by atoms with van der Waals surface area (Å²) < 4.78 is 5.08. The van der Waals surface area contributed by atoms with Gasteiger partial charge in [0.25, 0.3) is 0 Å². The van der Waals surface area contributed by atoms with Crippen LogP contribution in [0.2, 0.25) is 0 Å². The third-order valence-corrected chi connectivity index (χ3v) is 4.58. The van der Waals surface area contributed by atoms with E-state index in [9.17, 15) is 0 Å². The molecule has 0 radical (unpaired) electrons. The molecule has 1 atom stereocenters. The quantitative estimate of drug-likeness (QED) is 0.875. The number of hydrogen-bond acceptors (Lipinski definition) is 3. The number of rotatable bonds is 6. The molecule has 0 aliphatic carbocycles. The van der Waals surface area contributed by atoms with Gasteiger partial charge < -0.3 is 10.5 Å². The molecule has 0 amide bonds. The van der Waals surface area contributed by atoms with Gasteiger partial charge in [0.05, 0.1) is 12.6 Å². The molecule has 2 nitrogen and oxygen atoms in total. The van der Waals surface area contributed by atoms with Crippen LogP contribution in [0.5, 0.6) is 0 Å². The molecule has 102 valence electrons. The molecule has 19 heavy (non-hydrogen) atoms. The zero-order valence-electron chi connectivity index (χ0n) is 11.6. The van der Waals surface area contributed by atoms with Crippen molar-refractivity contribution in [3.05, 3.63) is 57.3 Å². The Morgan fingerprint density at radius 3 is 2.47 bits per heavy atom. The highest BCUT2D eigenvalue weighted by Gasteiger charge is 2.11. The van der Waals surface area contributed by atoms with E-state index in [-0.39, 0.29) is 6.04 Å². The Balaban J connectivity index is 2.08. The Labute approximate surface area is 119 Å². The van der Waals surface area contributed by atoms with Crippen LogP contribution in [-0.2, 0) is 17.6 Å². The topological polar surface area (TPSA) is 35.2 Å². The average molecular weight is 275 g/mol. The predicted molar refractivity (Wildman–Crippen MR) is 81.7 cm³/mol. The second-order valence-electron chi connectivity index (χ2n) is 4.62. The molecular weight excluding hydrogens is 254 g/mol. The first-order valence-electron chi connectivity index (χ1n) is 6.66. The molecule has 1 unspecified atom stereocenters. The van der Waals surface area contributed by atoms with E-state index in [1.54, 1.807) is 7.11 Å². The molecule has 0 aliphatic heterocycles. The summed E-state index contributed by atoms with van der Waals surface area (Å²) in [7, 11) is 1.73. The van der Waals surface area contributed by atoms with Gasteiger partial charge in [-0.1, -0.05) is 31.2 Å². The third-order valence-electron chi connectivity index (χ3n) is 3.27. The van der Waals surface area contributed by atoms with Crippen molar-refractivity contribution in [1.29, 1.82) is 0 Å². The molecule has 2 rings (SSSR count). The lowest BCUT2D eigenvalue weighted by molar-refractivity contribution is 0.202. The second kappa shape index (κ2) is 6.85. The van der Waals surface area contributed by atoms with Crippen LogP contribution < -0.4 is 5.73 Å². The van der Waals surface area contributed by atoms with Gasteiger partial charge in [0.2, 0.25) is 0 Å². The van der Waals surface area contributed by atoms with Gasteiger partial charge in [0.15, 0.2) is 0 Å². The number of aryl methyl sites for hydroxylation is 1. The van der Waals surface area contributed by atoms with Crippen molar-refractivity contribution in [2.24, 2.45) is 5.73 Å². The third kappa shape index (κ3) is 3.66. The summed E-state index contributed by atoms with van der Waals surface area (Å²) in [5.41, 5.74) is 8.78. The zero-order chi connectivity index (χ0) is 13.7. The van der Waals surface area contributed by atoms with Gasteiger partial charge in [0, 0.05) is 16.9 Å².